The van der Waals surface area contributed by atoms with E-state index < -0.39 is 0 Å². The van der Waals surface area contributed by atoms with Crippen LogP contribution in [0, 0.1) is 23.2 Å². The molecule has 14 heavy (non-hydrogen) atoms. The van der Waals surface area contributed by atoms with Gasteiger partial charge in [-0.25, -0.2) is 0 Å². The van der Waals surface area contributed by atoms with Crippen LogP contribution in [0.15, 0.2) is 0 Å². The van der Waals surface area contributed by atoms with E-state index in [-0.39, 0.29) is 5.54 Å². The monoisotopic (exact) mass is 192 g/mol. The second-order valence-corrected chi connectivity index (χ2v) is 5.22. The zero-order valence-corrected chi connectivity index (χ0v) is 9.21. The van der Waals surface area contributed by atoms with Gasteiger partial charge in [-0.3, -0.25) is 5.32 Å². The minimum absolute atomic E-state index is 0.296. The SMILES string of the molecule is CCC(C)(C#N)NC1CC2CCC1C2. The molecule has 2 aliphatic carbocycles. The average Bonchev–Trinajstić information content (AvgIpc) is 2.79. The van der Waals surface area contributed by atoms with Crippen molar-refractivity contribution in [2.45, 2.75) is 57.5 Å². The Morgan fingerprint density at radius 1 is 1.43 bits per heavy atom. The number of fused-ring (bicyclic) bond motifs is 2. The standard InChI is InChI=1S/C12H20N2/c1-3-12(2,8-13)14-11-7-9-4-5-10(11)6-9/h9-11,14H,3-7H2,1-2H3. The summed E-state index contributed by atoms with van der Waals surface area (Å²) in [5.74, 6) is 1.82. The summed E-state index contributed by atoms with van der Waals surface area (Å²) in [6, 6.07) is 3.03. The Morgan fingerprint density at radius 2 is 2.21 bits per heavy atom. The number of hydrogen-bond acceptors (Lipinski definition) is 2. The third-order valence-corrected chi connectivity index (χ3v) is 4.20. The normalized spacial score (nSPS) is 39.4. The van der Waals surface area contributed by atoms with E-state index in [2.05, 4.69) is 18.3 Å². The van der Waals surface area contributed by atoms with Gasteiger partial charge in [0.25, 0.3) is 0 Å². The molecule has 0 aromatic rings. The maximum atomic E-state index is 9.10. The second kappa shape index (κ2) is 3.55. The molecule has 0 radical (unpaired) electrons. The molecule has 2 rings (SSSR count). The number of rotatable bonds is 3. The van der Waals surface area contributed by atoms with Gasteiger partial charge in [0.05, 0.1) is 6.07 Å². The van der Waals surface area contributed by atoms with Crippen LogP contribution in [0.1, 0.15) is 46.0 Å². The van der Waals surface area contributed by atoms with Gasteiger partial charge >= 0.3 is 0 Å². The molecule has 0 saturated heterocycles. The first-order valence-corrected chi connectivity index (χ1v) is 5.86. The van der Waals surface area contributed by atoms with Crippen molar-refractivity contribution < 1.29 is 0 Å². The predicted octanol–water partition coefficient (Wildman–Crippen LogP) is 2.46. The number of nitriles is 1. The lowest BCUT2D eigenvalue weighted by atomic mass is 9.91. The molecule has 2 bridgehead atoms. The Labute approximate surface area is 86.7 Å². The first-order valence-electron chi connectivity index (χ1n) is 5.86. The fraction of sp³-hybridized carbons (Fsp3) is 0.917. The maximum Gasteiger partial charge on any atom is 0.103 e. The largest absolute Gasteiger partial charge is 0.297 e. The number of hydrogen-bond donors (Lipinski definition) is 1. The topological polar surface area (TPSA) is 35.8 Å². The van der Waals surface area contributed by atoms with Crippen LogP contribution in [-0.2, 0) is 0 Å². The molecule has 0 amide bonds. The van der Waals surface area contributed by atoms with E-state index in [1.54, 1.807) is 0 Å². The van der Waals surface area contributed by atoms with Crippen molar-refractivity contribution in [2.75, 3.05) is 0 Å². The molecule has 0 aliphatic heterocycles. The van der Waals surface area contributed by atoms with Gasteiger partial charge in [0.15, 0.2) is 0 Å². The fourth-order valence-electron chi connectivity index (χ4n) is 3.04. The molecule has 0 heterocycles. The Hall–Kier alpha value is -0.550. The first-order chi connectivity index (χ1) is 6.67. The molecular formula is C12H20N2. The number of nitrogens with one attached hydrogen (secondary N) is 1. The summed E-state index contributed by atoms with van der Waals surface area (Å²) in [6.07, 6.45) is 6.42. The van der Waals surface area contributed by atoms with Crippen molar-refractivity contribution in [1.82, 2.24) is 5.32 Å². The Bertz CT molecular complexity index is 256. The van der Waals surface area contributed by atoms with E-state index in [0.29, 0.717) is 6.04 Å². The van der Waals surface area contributed by atoms with Crippen molar-refractivity contribution in [3.63, 3.8) is 0 Å². The van der Waals surface area contributed by atoms with Crippen LogP contribution in [0.25, 0.3) is 0 Å². The quantitative estimate of drug-likeness (QED) is 0.745. The smallest absolute Gasteiger partial charge is 0.103 e. The third kappa shape index (κ3) is 1.66. The lowest BCUT2D eigenvalue weighted by Gasteiger charge is -2.31. The molecule has 2 fully saturated rings. The Morgan fingerprint density at radius 3 is 2.64 bits per heavy atom. The molecule has 0 aromatic carbocycles. The highest BCUT2D eigenvalue weighted by atomic mass is 15.0. The molecule has 4 atom stereocenters. The average molecular weight is 192 g/mol. The highest BCUT2D eigenvalue weighted by Crippen LogP contribution is 2.45. The molecule has 2 nitrogen and oxygen atoms in total. The van der Waals surface area contributed by atoms with E-state index in [1.807, 2.05) is 6.92 Å². The van der Waals surface area contributed by atoms with Crippen LogP contribution in [0.3, 0.4) is 0 Å². The van der Waals surface area contributed by atoms with Crippen molar-refractivity contribution in [2.24, 2.45) is 11.8 Å². The Balaban J connectivity index is 1.95. The summed E-state index contributed by atoms with van der Waals surface area (Å²) in [5.41, 5.74) is -0.296. The van der Waals surface area contributed by atoms with Crippen LogP contribution in [0.4, 0.5) is 0 Å². The van der Waals surface area contributed by atoms with Crippen molar-refractivity contribution in [3.8, 4) is 6.07 Å². The van der Waals surface area contributed by atoms with Gasteiger partial charge in [0.1, 0.15) is 5.54 Å². The summed E-state index contributed by atoms with van der Waals surface area (Å²) in [7, 11) is 0. The zero-order chi connectivity index (χ0) is 10.2. The van der Waals surface area contributed by atoms with Gasteiger partial charge in [0, 0.05) is 6.04 Å². The van der Waals surface area contributed by atoms with Gasteiger partial charge in [0.2, 0.25) is 0 Å². The van der Waals surface area contributed by atoms with Crippen molar-refractivity contribution in [1.29, 1.82) is 5.26 Å². The van der Waals surface area contributed by atoms with E-state index in [4.69, 9.17) is 5.26 Å². The molecule has 0 spiro atoms. The van der Waals surface area contributed by atoms with E-state index in [0.717, 1.165) is 18.3 Å². The third-order valence-electron chi connectivity index (χ3n) is 4.20. The lowest BCUT2D eigenvalue weighted by Crippen LogP contribution is -2.48. The summed E-state index contributed by atoms with van der Waals surface area (Å²) in [5, 5.41) is 12.7. The number of nitrogens with zero attached hydrogens (tertiary/aromatic N) is 1. The fourth-order valence-corrected chi connectivity index (χ4v) is 3.04. The summed E-state index contributed by atoms with van der Waals surface area (Å²) in [4.78, 5) is 0. The highest BCUT2D eigenvalue weighted by molar-refractivity contribution is 5.07. The molecule has 2 saturated carbocycles. The lowest BCUT2D eigenvalue weighted by molar-refractivity contribution is 0.286. The van der Waals surface area contributed by atoms with Crippen LogP contribution in [-0.4, -0.2) is 11.6 Å². The molecule has 4 unspecified atom stereocenters. The van der Waals surface area contributed by atoms with Gasteiger partial charge in [-0.15, -0.1) is 0 Å². The molecule has 1 N–H and O–H groups in total. The minimum atomic E-state index is -0.296. The van der Waals surface area contributed by atoms with Crippen molar-refractivity contribution in [3.05, 3.63) is 0 Å². The molecular weight excluding hydrogens is 172 g/mol. The van der Waals surface area contributed by atoms with Crippen LogP contribution >= 0.6 is 0 Å². The van der Waals surface area contributed by atoms with Gasteiger partial charge in [-0.1, -0.05) is 13.3 Å². The van der Waals surface area contributed by atoms with Gasteiger partial charge in [-0.05, 0) is 44.4 Å². The van der Waals surface area contributed by atoms with Gasteiger partial charge < -0.3 is 0 Å². The molecule has 0 aromatic heterocycles. The van der Waals surface area contributed by atoms with E-state index in [9.17, 15) is 0 Å². The second-order valence-electron chi connectivity index (χ2n) is 5.22. The summed E-state index contributed by atoms with van der Waals surface area (Å²) < 4.78 is 0. The van der Waals surface area contributed by atoms with E-state index >= 15 is 0 Å². The molecule has 2 heteroatoms. The van der Waals surface area contributed by atoms with E-state index in [1.165, 1.54) is 25.7 Å². The zero-order valence-electron chi connectivity index (χ0n) is 9.21. The first kappa shape index (κ1) is 9.98. The summed E-state index contributed by atoms with van der Waals surface area (Å²) >= 11 is 0. The van der Waals surface area contributed by atoms with Crippen LogP contribution in [0.2, 0.25) is 0 Å². The van der Waals surface area contributed by atoms with Gasteiger partial charge in [-0.2, -0.15) is 5.26 Å². The molecule has 78 valence electrons. The summed E-state index contributed by atoms with van der Waals surface area (Å²) in [6.45, 7) is 4.11. The highest BCUT2D eigenvalue weighted by Gasteiger charge is 2.41. The molecule has 2 aliphatic rings. The van der Waals surface area contributed by atoms with Crippen LogP contribution < -0.4 is 5.32 Å². The maximum absolute atomic E-state index is 9.10. The van der Waals surface area contributed by atoms with Crippen LogP contribution in [0.5, 0.6) is 0 Å². The van der Waals surface area contributed by atoms with Crippen molar-refractivity contribution >= 4 is 0 Å². The Kier molecular flexibility index (Phi) is 2.53. The predicted molar refractivity (Wildman–Crippen MR) is 56.7 cm³/mol. The minimum Gasteiger partial charge on any atom is -0.297 e.